The van der Waals surface area contributed by atoms with Gasteiger partial charge in [0.2, 0.25) is 0 Å². The van der Waals surface area contributed by atoms with Crippen LogP contribution in [0.15, 0.2) is 60.7 Å². The molecule has 100 valence electrons. The van der Waals surface area contributed by atoms with Gasteiger partial charge in [-0.2, -0.15) is 0 Å². The van der Waals surface area contributed by atoms with E-state index in [4.69, 9.17) is 0 Å². The van der Waals surface area contributed by atoms with Gasteiger partial charge in [-0.05, 0) is 0 Å². The Morgan fingerprint density at radius 1 is 0.526 bits per heavy atom. The van der Waals surface area contributed by atoms with Crippen molar-refractivity contribution in [1.82, 2.24) is 0 Å². The van der Waals surface area contributed by atoms with Crippen LogP contribution in [0.4, 0.5) is 0 Å². The second-order valence-corrected chi connectivity index (χ2v) is 10.0. The molecule has 1 aliphatic rings. The van der Waals surface area contributed by atoms with Crippen LogP contribution in [-0.2, 0) is 0 Å². The van der Waals surface area contributed by atoms with Crippen LogP contribution < -0.4 is 10.6 Å². The molecule has 0 N–H and O–H groups in total. The molecule has 1 aliphatic heterocycles. The van der Waals surface area contributed by atoms with E-state index in [0.717, 1.165) is 0 Å². The van der Waals surface area contributed by atoms with E-state index in [0.29, 0.717) is 0 Å². The van der Waals surface area contributed by atoms with Crippen LogP contribution in [0.2, 0.25) is 0 Å². The second-order valence-electron chi connectivity index (χ2n) is 5.73. The van der Waals surface area contributed by atoms with Crippen molar-refractivity contribution in [2.45, 2.75) is 25.7 Å². The summed E-state index contributed by atoms with van der Waals surface area (Å²) in [6, 6.07) is 22.7. The van der Waals surface area contributed by atoms with Crippen molar-refractivity contribution in [3.05, 3.63) is 60.7 Å². The van der Waals surface area contributed by atoms with Crippen molar-refractivity contribution in [3.63, 3.8) is 0 Å². The zero-order valence-corrected chi connectivity index (χ0v) is 12.5. The molecule has 0 aliphatic carbocycles. The third kappa shape index (κ3) is 2.60. The van der Waals surface area contributed by atoms with Crippen LogP contribution >= 0.6 is 7.26 Å². The normalized spacial score (nSPS) is 20.4. The maximum atomic E-state index is 2.38. The van der Waals surface area contributed by atoms with Gasteiger partial charge in [-0.15, -0.1) is 0 Å². The van der Waals surface area contributed by atoms with E-state index < -0.39 is 7.26 Å². The van der Waals surface area contributed by atoms with Crippen LogP contribution in [0.3, 0.4) is 0 Å². The second kappa shape index (κ2) is 5.88. The zero-order valence-electron chi connectivity index (χ0n) is 11.5. The zero-order chi connectivity index (χ0) is 13.0. The maximum absolute atomic E-state index is 2.38. The Morgan fingerprint density at radius 3 is 1.37 bits per heavy atom. The molecular formula is C18H23P. The van der Waals surface area contributed by atoms with Crippen LogP contribution in [0.25, 0.3) is 0 Å². The fraction of sp³-hybridized carbons (Fsp3) is 0.333. The van der Waals surface area contributed by atoms with E-state index in [1.165, 1.54) is 38.0 Å². The summed E-state index contributed by atoms with van der Waals surface area (Å²) in [4.78, 5) is 0. The number of hydrogen-bond donors (Lipinski definition) is 0. The molecule has 1 heteroatoms. The van der Waals surface area contributed by atoms with Crippen LogP contribution in [0.1, 0.15) is 25.7 Å². The van der Waals surface area contributed by atoms with E-state index in [2.05, 4.69) is 60.7 Å². The molecule has 0 radical (unpaired) electrons. The van der Waals surface area contributed by atoms with Crippen LogP contribution in [0.5, 0.6) is 0 Å². The first-order valence-electron chi connectivity index (χ1n) is 7.53. The molecule has 0 unspecified atom stereocenters. The Balaban J connectivity index is 2.09. The van der Waals surface area contributed by atoms with Gasteiger partial charge < -0.3 is 0 Å². The first-order chi connectivity index (χ1) is 9.42. The van der Waals surface area contributed by atoms with Gasteiger partial charge in [-0.3, -0.25) is 0 Å². The quantitative estimate of drug-likeness (QED) is 0.725. The minimum atomic E-state index is -1.49. The van der Waals surface area contributed by atoms with Crippen LogP contribution in [0, 0.1) is 0 Å². The summed E-state index contributed by atoms with van der Waals surface area (Å²) in [6.45, 7) is 0. The molecule has 0 spiro atoms. The Kier molecular flexibility index (Phi) is 3.99. The summed E-state index contributed by atoms with van der Waals surface area (Å²) in [6.07, 6.45) is 8.54. The van der Waals surface area contributed by atoms with E-state index >= 15 is 0 Å². The molecule has 0 nitrogen and oxygen atoms in total. The topological polar surface area (TPSA) is 0 Å². The van der Waals surface area contributed by atoms with Gasteiger partial charge in [0.25, 0.3) is 0 Å². The van der Waals surface area contributed by atoms with Gasteiger partial charge in [-0.25, -0.2) is 0 Å². The average molecular weight is 270 g/mol. The number of benzene rings is 2. The number of rotatable bonds is 2. The molecule has 1 saturated heterocycles. The Hall–Kier alpha value is -1.13. The minimum absolute atomic E-state index is 1.41. The Bertz CT molecular complexity index is 454. The fourth-order valence-electron chi connectivity index (χ4n) is 3.59. The Morgan fingerprint density at radius 2 is 0.947 bits per heavy atom. The fourth-order valence-corrected chi connectivity index (χ4v) is 8.70. The van der Waals surface area contributed by atoms with Gasteiger partial charge in [-0.1, -0.05) is 0 Å². The summed E-state index contributed by atoms with van der Waals surface area (Å²) >= 11 is 0. The van der Waals surface area contributed by atoms with Crippen molar-refractivity contribution >= 4 is 17.9 Å². The Labute approximate surface area is 117 Å². The molecule has 19 heavy (non-hydrogen) atoms. The molecule has 0 aromatic heterocycles. The van der Waals surface area contributed by atoms with E-state index in [1.807, 2.05) is 0 Å². The van der Waals surface area contributed by atoms with Crippen LogP contribution in [-0.4, -0.2) is 12.3 Å². The average Bonchev–Trinajstić information content (AvgIpc) is 2.76. The summed E-state index contributed by atoms with van der Waals surface area (Å²) in [5, 5.41) is 3.28. The molecule has 0 atom stereocenters. The molecule has 0 bridgehead atoms. The van der Waals surface area contributed by atoms with E-state index in [9.17, 15) is 0 Å². The molecule has 2 aromatic rings. The molecular weight excluding hydrogens is 247 g/mol. The number of hydrogen-bond acceptors (Lipinski definition) is 0. The van der Waals surface area contributed by atoms with Crippen molar-refractivity contribution in [2.24, 2.45) is 0 Å². The van der Waals surface area contributed by atoms with Gasteiger partial charge >= 0.3 is 117 Å². The summed E-state index contributed by atoms with van der Waals surface area (Å²) in [7, 11) is -1.49. The van der Waals surface area contributed by atoms with Gasteiger partial charge in [0.1, 0.15) is 0 Å². The third-order valence-corrected chi connectivity index (χ3v) is 9.90. The predicted octanol–water partition coefficient (Wildman–Crippen LogP) is 3.96. The van der Waals surface area contributed by atoms with Crippen molar-refractivity contribution in [2.75, 3.05) is 12.3 Å². The van der Waals surface area contributed by atoms with Gasteiger partial charge in [0.15, 0.2) is 0 Å². The van der Waals surface area contributed by atoms with E-state index in [-0.39, 0.29) is 0 Å². The SMILES string of the molecule is c1ccc([PH]2(c3ccccc3)CCCCCC2)cc1. The molecule has 0 amide bonds. The standard InChI is InChI=1S/C18H23P/c1-2-10-16-19(15-9-1,17-11-5-3-6-12-17)18-13-7-4-8-14-18/h3-8,11-14,19H,1-2,9-10,15-16H2. The first-order valence-corrected chi connectivity index (χ1v) is 9.94. The summed E-state index contributed by atoms with van der Waals surface area (Å²) < 4.78 is 0. The van der Waals surface area contributed by atoms with Crippen molar-refractivity contribution < 1.29 is 0 Å². The molecule has 2 aromatic carbocycles. The van der Waals surface area contributed by atoms with Gasteiger partial charge in [0, 0.05) is 0 Å². The monoisotopic (exact) mass is 270 g/mol. The summed E-state index contributed by atoms with van der Waals surface area (Å²) in [5.74, 6) is 0. The molecule has 1 fully saturated rings. The summed E-state index contributed by atoms with van der Waals surface area (Å²) in [5.41, 5.74) is 0. The first kappa shape index (κ1) is 12.9. The molecule has 3 rings (SSSR count). The molecule has 1 heterocycles. The third-order valence-electron chi connectivity index (χ3n) is 4.61. The van der Waals surface area contributed by atoms with Gasteiger partial charge in [0.05, 0.1) is 0 Å². The molecule has 0 saturated carbocycles. The van der Waals surface area contributed by atoms with E-state index in [1.54, 1.807) is 10.6 Å². The predicted molar refractivity (Wildman–Crippen MR) is 88.7 cm³/mol. The van der Waals surface area contributed by atoms with Crippen molar-refractivity contribution in [1.29, 1.82) is 0 Å². The van der Waals surface area contributed by atoms with Crippen molar-refractivity contribution in [3.8, 4) is 0 Å².